The van der Waals surface area contributed by atoms with Crippen LogP contribution in [0.1, 0.15) is 44.1 Å². The molecule has 0 bridgehead atoms. The molecule has 1 N–H and O–H groups in total. The fourth-order valence-electron chi connectivity index (χ4n) is 3.98. The lowest BCUT2D eigenvalue weighted by Gasteiger charge is -2.48. The van der Waals surface area contributed by atoms with Crippen molar-refractivity contribution in [3.05, 3.63) is 24.0 Å². The fraction of sp³-hybridized carbons (Fsp3) is 0.625. The van der Waals surface area contributed by atoms with Crippen LogP contribution in [0.3, 0.4) is 0 Å². The Bertz CT molecular complexity index is 503. The van der Waals surface area contributed by atoms with Crippen molar-refractivity contribution < 1.29 is 9.90 Å². The van der Waals surface area contributed by atoms with Crippen molar-refractivity contribution in [1.29, 1.82) is 0 Å². The number of hydrogen-bond donors (Lipinski definition) is 1. The highest BCUT2D eigenvalue weighted by atomic mass is 16.4. The zero-order valence-electron chi connectivity index (χ0n) is 12.0. The first-order valence-electron chi connectivity index (χ1n) is 7.60. The van der Waals surface area contributed by atoms with Gasteiger partial charge in [0.1, 0.15) is 6.04 Å². The summed E-state index contributed by atoms with van der Waals surface area (Å²) in [7, 11) is 0. The van der Waals surface area contributed by atoms with E-state index in [2.05, 4.69) is 9.88 Å². The van der Waals surface area contributed by atoms with E-state index in [0.717, 1.165) is 30.5 Å². The maximum atomic E-state index is 11.7. The third-order valence-corrected chi connectivity index (χ3v) is 4.93. The Morgan fingerprint density at radius 1 is 1.30 bits per heavy atom. The normalized spacial score (nSPS) is 29.9. The van der Waals surface area contributed by atoms with Gasteiger partial charge in [0.05, 0.1) is 0 Å². The van der Waals surface area contributed by atoms with Gasteiger partial charge >= 0.3 is 5.97 Å². The number of rotatable bonds is 2. The van der Waals surface area contributed by atoms with Crippen LogP contribution in [0, 0.1) is 12.8 Å². The second-order valence-corrected chi connectivity index (χ2v) is 6.11. The molecule has 108 valence electrons. The third kappa shape index (κ3) is 2.28. The first-order chi connectivity index (χ1) is 9.68. The van der Waals surface area contributed by atoms with Gasteiger partial charge in [-0.15, -0.1) is 0 Å². The average molecular weight is 274 g/mol. The van der Waals surface area contributed by atoms with Crippen molar-refractivity contribution in [2.24, 2.45) is 5.92 Å². The average Bonchev–Trinajstić information content (AvgIpc) is 2.46. The molecule has 2 aliphatic rings. The van der Waals surface area contributed by atoms with E-state index < -0.39 is 5.97 Å². The van der Waals surface area contributed by atoms with E-state index in [4.69, 9.17) is 0 Å². The van der Waals surface area contributed by atoms with E-state index in [-0.39, 0.29) is 6.04 Å². The Morgan fingerprint density at radius 3 is 2.85 bits per heavy atom. The number of hydrogen-bond acceptors (Lipinski definition) is 3. The van der Waals surface area contributed by atoms with Crippen molar-refractivity contribution in [3.63, 3.8) is 0 Å². The highest BCUT2D eigenvalue weighted by molar-refractivity contribution is 5.79. The molecule has 1 saturated carbocycles. The molecular formula is C16H22N2O2. The van der Waals surface area contributed by atoms with Crippen molar-refractivity contribution in [1.82, 2.24) is 4.98 Å². The van der Waals surface area contributed by atoms with Gasteiger partial charge in [-0.3, -0.25) is 4.98 Å². The van der Waals surface area contributed by atoms with Crippen molar-refractivity contribution in [2.75, 3.05) is 4.90 Å². The summed E-state index contributed by atoms with van der Waals surface area (Å²) in [5, 5.41) is 9.59. The molecule has 20 heavy (non-hydrogen) atoms. The molecule has 3 rings (SSSR count). The molecule has 0 aromatic carbocycles. The monoisotopic (exact) mass is 274 g/mol. The van der Waals surface area contributed by atoms with Gasteiger partial charge in [-0.25, -0.2) is 4.79 Å². The summed E-state index contributed by atoms with van der Waals surface area (Å²) >= 11 is 0. The minimum absolute atomic E-state index is 0.379. The van der Waals surface area contributed by atoms with E-state index in [9.17, 15) is 9.90 Å². The molecule has 1 aromatic heterocycles. The molecule has 1 saturated heterocycles. The van der Waals surface area contributed by atoms with Gasteiger partial charge in [0.15, 0.2) is 0 Å². The molecular weight excluding hydrogens is 252 g/mol. The van der Waals surface area contributed by atoms with Gasteiger partial charge < -0.3 is 10.0 Å². The third-order valence-electron chi connectivity index (χ3n) is 4.93. The molecule has 0 amide bonds. The molecule has 1 aliphatic heterocycles. The van der Waals surface area contributed by atoms with E-state index >= 15 is 0 Å². The topological polar surface area (TPSA) is 53.4 Å². The first-order valence-corrected chi connectivity index (χ1v) is 7.60. The molecule has 2 fully saturated rings. The van der Waals surface area contributed by atoms with Gasteiger partial charge in [0.2, 0.25) is 0 Å². The molecule has 1 aliphatic carbocycles. The summed E-state index contributed by atoms with van der Waals surface area (Å²) in [6.45, 7) is 2.02. The second kappa shape index (κ2) is 5.43. The minimum Gasteiger partial charge on any atom is -0.480 e. The summed E-state index contributed by atoms with van der Waals surface area (Å²) in [5.74, 6) is -0.0304. The number of nitrogens with zero attached hydrogens (tertiary/aromatic N) is 2. The van der Waals surface area contributed by atoms with Crippen LogP contribution in [-0.2, 0) is 4.79 Å². The van der Waals surface area contributed by atoms with Crippen LogP contribution in [0.2, 0.25) is 0 Å². The number of pyridine rings is 1. The smallest absolute Gasteiger partial charge is 0.326 e. The van der Waals surface area contributed by atoms with E-state index in [0.29, 0.717) is 12.0 Å². The largest absolute Gasteiger partial charge is 0.480 e. The SMILES string of the molecule is Cc1cnccc1N1C(C(=O)O)CCC2CCCCC21. The maximum absolute atomic E-state index is 11.7. The second-order valence-electron chi connectivity index (χ2n) is 6.11. The lowest BCUT2D eigenvalue weighted by atomic mass is 9.76. The summed E-state index contributed by atoms with van der Waals surface area (Å²) in [4.78, 5) is 18.0. The lowest BCUT2D eigenvalue weighted by molar-refractivity contribution is -0.139. The number of carboxylic acids is 1. The minimum atomic E-state index is -0.690. The Morgan fingerprint density at radius 2 is 2.10 bits per heavy atom. The number of carboxylic acid groups (broad SMARTS) is 1. The van der Waals surface area contributed by atoms with Gasteiger partial charge in [-0.05, 0) is 50.2 Å². The number of fused-ring (bicyclic) bond motifs is 1. The van der Waals surface area contributed by atoms with Crippen molar-refractivity contribution in [3.8, 4) is 0 Å². The predicted molar refractivity (Wildman–Crippen MR) is 77.9 cm³/mol. The van der Waals surface area contributed by atoms with Crippen LogP contribution >= 0.6 is 0 Å². The number of anilines is 1. The quantitative estimate of drug-likeness (QED) is 0.900. The van der Waals surface area contributed by atoms with Crippen LogP contribution in [0.4, 0.5) is 5.69 Å². The van der Waals surface area contributed by atoms with Crippen molar-refractivity contribution >= 4 is 11.7 Å². The predicted octanol–water partition coefficient (Wildman–Crippen LogP) is 3.00. The molecule has 3 atom stereocenters. The number of aromatic nitrogens is 1. The number of aryl methyl sites for hydroxylation is 1. The fourth-order valence-corrected chi connectivity index (χ4v) is 3.98. The zero-order valence-corrected chi connectivity index (χ0v) is 12.0. The Hall–Kier alpha value is -1.58. The molecule has 4 nitrogen and oxygen atoms in total. The summed E-state index contributed by atoms with van der Waals surface area (Å²) in [6, 6.07) is 1.98. The van der Waals surface area contributed by atoms with Crippen LogP contribution in [0.5, 0.6) is 0 Å². The summed E-state index contributed by atoms with van der Waals surface area (Å²) in [5.41, 5.74) is 2.13. The molecule has 0 radical (unpaired) electrons. The standard InChI is InChI=1S/C16H22N2O2/c1-11-10-17-9-8-13(11)18-14-5-3-2-4-12(14)6-7-15(18)16(19)20/h8-10,12,14-15H,2-7H2,1H3,(H,19,20). The van der Waals surface area contributed by atoms with Crippen LogP contribution in [-0.4, -0.2) is 28.1 Å². The Kier molecular flexibility index (Phi) is 3.64. The summed E-state index contributed by atoms with van der Waals surface area (Å²) in [6.07, 6.45) is 10.3. The maximum Gasteiger partial charge on any atom is 0.326 e. The first kappa shape index (κ1) is 13.4. The lowest BCUT2D eigenvalue weighted by Crippen LogP contribution is -2.55. The zero-order chi connectivity index (χ0) is 14.1. The molecule has 1 aromatic rings. The molecule has 2 heterocycles. The molecule has 0 spiro atoms. The Labute approximate surface area is 119 Å². The molecule has 4 heteroatoms. The Balaban J connectivity index is 2.00. The van der Waals surface area contributed by atoms with E-state index in [1.54, 1.807) is 6.20 Å². The highest BCUT2D eigenvalue weighted by Crippen LogP contribution is 2.41. The number of carbonyl (C=O) groups is 1. The van der Waals surface area contributed by atoms with Crippen LogP contribution < -0.4 is 4.90 Å². The van der Waals surface area contributed by atoms with Gasteiger partial charge in [0, 0.05) is 24.1 Å². The number of aliphatic carboxylic acids is 1. The van der Waals surface area contributed by atoms with Crippen LogP contribution in [0.15, 0.2) is 18.5 Å². The van der Waals surface area contributed by atoms with E-state index in [1.165, 1.54) is 19.3 Å². The van der Waals surface area contributed by atoms with Gasteiger partial charge in [0.25, 0.3) is 0 Å². The van der Waals surface area contributed by atoms with Gasteiger partial charge in [-0.2, -0.15) is 0 Å². The van der Waals surface area contributed by atoms with Crippen LogP contribution in [0.25, 0.3) is 0 Å². The highest BCUT2D eigenvalue weighted by Gasteiger charge is 2.41. The number of piperidine rings is 1. The van der Waals surface area contributed by atoms with Gasteiger partial charge in [-0.1, -0.05) is 12.8 Å². The summed E-state index contributed by atoms with van der Waals surface area (Å²) < 4.78 is 0. The molecule has 3 unspecified atom stereocenters. The van der Waals surface area contributed by atoms with E-state index in [1.807, 2.05) is 19.2 Å². The van der Waals surface area contributed by atoms with Crippen molar-refractivity contribution in [2.45, 2.75) is 57.5 Å².